The number of hydrogen-bond donors (Lipinski definition) is 0. The minimum absolute atomic E-state index is 0.0954. The van der Waals surface area contributed by atoms with Crippen LogP contribution in [0.2, 0.25) is 0 Å². The van der Waals surface area contributed by atoms with E-state index >= 15 is 0 Å². The van der Waals surface area contributed by atoms with Gasteiger partial charge in [0.15, 0.2) is 50.5 Å². The molecule has 7 nitrogen and oxygen atoms in total. The van der Waals surface area contributed by atoms with Gasteiger partial charge in [0.25, 0.3) is 0 Å². The van der Waals surface area contributed by atoms with Crippen LogP contribution in [-0.2, 0) is 36.8 Å². The van der Waals surface area contributed by atoms with E-state index in [0.29, 0.717) is 38.3 Å². The lowest BCUT2D eigenvalue weighted by molar-refractivity contribution is -0.705. The third-order valence-electron chi connectivity index (χ3n) is 5.69. The molecule has 31 heavy (non-hydrogen) atoms. The number of aromatic nitrogens is 2. The van der Waals surface area contributed by atoms with Gasteiger partial charge in [0.05, 0.1) is 26.4 Å². The zero-order chi connectivity index (χ0) is 21.5. The van der Waals surface area contributed by atoms with E-state index in [9.17, 15) is 0 Å². The van der Waals surface area contributed by atoms with E-state index in [-0.39, 0.29) is 12.6 Å². The SMILES string of the molecule is CC1COC(c2cc[n+](CCOCC[n+]3ccc(C4COC(C)OC4)cc3)cc2)OC1. The summed E-state index contributed by atoms with van der Waals surface area (Å²) in [6.45, 7) is 9.98. The first-order valence-electron chi connectivity index (χ1n) is 11.2. The Bertz CT molecular complexity index is 715. The molecule has 0 bridgehead atoms. The Morgan fingerprint density at radius 2 is 1.26 bits per heavy atom. The maximum Gasteiger partial charge on any atom is 0.184 e. The molecule has 0 unspecified atom stereocenters. The molecule has 2 aliphatic heterocycles. The van der Waals surface area contributed by atoms with Crippen LogP contribution in [-0.4, -0.2) is 45.9 Å². The van der Waals surface area contributed by atoms with Crippen molar-refractivity contribution in [3.8, 4) is 0 Å². The van der Waals surface area contributed by atoms with E-state index in [1.54, 1.807) is 0 Å². The van der Waals surface area contributed by atoms with Gasteiger partial charge in [0, 0.05) is 41.7 Å². The van der Waals surface area contributed by atoms with Crippen LogP contribution in [0.4, 0.5) is 0 Å². The van der Waals surface area contributed by atoms with Crippen molar-refractivity contribution in [1.82, 2.24) is 0 Å². The van der Waals surface area contributed by atoms with E-state index in [4.69, 9.17) is 23.7 Å². The largest absolute Gasteiger partial charge is 0.368 e. The van der Waals surface area contributed by atoms with Crippen molar-refractivity contribution in [3.05, 3.63) is 60.2 Å². The summed E-state index contributed by atoms with van der Waals surface area (Å²) in [5.74, 6) is 0.772. The first kappa shape index (κ1) is 22.3. The molecule has 7 heteroatoms. The summed E-state index contributed by atoms with van der Waals surface area (Å²) in [7, 11) is 0. The molecule has 0 amide bonds. The molecule has 168 valence electrons. The fourth-order valence-corrected chi connectivity index (χ4v) is 3.69. The van der Waals surface area contributed by atoms with Crippen molar-refractivity contribution in [1.29, 1.82) is 0 Å². The number of nitrogens with zero attached hydrogens (tertiary/aromatic N) is 2. The lowest BCUT2D eigenvalue weighted by atomic mass is 10.0. The van der Waals surface area contributed by atoms with Crippen molar-refractivity contribution in [3.63, 3.8) is 0 Å². The highest BCUT2D eigenvalue weighted by Crippen LogP contribution is 2.24. The lowest BCUT2D eigenvalue weighted by Gasteiger charge is -2.27. The van der Waals surface area contributed by atoms with Crippen LogP contribution < -0.4 is 9.13 Å². The Hall–Kier alpha value is -1.90. The van der Waals surface area contributed by atoms with Gasteiger partial charge in [0.1, 0.15) is 13.2 Å². The van der Waals surface area contributed by atoms with Gasteiger partial charge < -0.3 is 23.7 Å². The molecular weight excluding hydrogens is 396 g/mol. The van der Waals surface area contributed by atoms with Crippen LogP contribution in [0, 0.1) is 5.92 Å². The van der Waals surface area contributed by atoms with Gasteiger partial charge in [-0.25, -0.2) is 9.13 Å². The predicted octanol–water partition coefficient (Wildman–Crippen LogP) is 2.14. The van der Waals surface area contributed by atoms with Crippen molar-refractivity contribution >= 4 is 0 Å². The van der Waals surface area contributed by atoms with Crippen LogP contribution >= 0.6 is 0 Å². The molecule has 4 heterocycles. The maximum atomic E-state index is 5.83. The molecule has 2 aromatic rings. The highest BCUT2D eigenvalue weighted by atomic mass is 16.7. The summed E-state index contributed by atoms with van der Waals surface area (Å²) in [6.07, 6.45) is 7.96. The number of rotatable bonds is 8. The fourth-order valence-electron chi connectivity index (χ4n) is 3.69. The molecule has 2 aromatic heterocycles. The number of hydrogen-bond acceptors (Lipinski definition) is 5. The van der Waals surface area contributed by atoms with E-state index in [2.05, 4.69) is 65.1 Å². The summed E-state index contributed by atoms with van der Waals surface area (Å²) in [6, 6.07) is 8.40. The second kappa shape index (κ2) is 11.1. The molecule has 0 aliphatic carbocycles. The van der Waals surface area contributed by atoms with Gasteiger partial charge in [-0.1, -0.05) is 6.92 Å². The van der Waals surface area contributed by atoms with Crippen LogP contribution in [0.5, 0.6) is 0 Å². The molecule has 0 spiro atoms. The minimum atomic E-state index is -0.243. The van der Waals surface area contributed by atoms with Crippen molar-refractivity contribution in [2.24, 2.45) is 5.92 Å². The monoisotopic (exact) mass is 430 g/mol. The molecule has 2 saturated heterocycles. The van der Waals surface area contributed by atoms with E-state index < -0.39 is 0 Å². The van der Waals surface area contributed by atoms with Gasteiger partial charge in [-0.15, -0.1) is 0 Å². The summed E-state index contributed by atoms with van der Waals surface area (Å²) >= 11 is 0. The smallest absolute Gasteiger partial charge is 0.184 e. The van der Waals surface area contributed by atoms with Gasteiger partial charge in [-0.3, -0.25) is 0 Å². The van der Waals surface area contributed by atoms with Gasteiger partial charge in [-0.2, -0.15) is 0 Å². The Balaban J connectivity index is 1.13. The van der Waals surface area contributed by atoms with E-state index in [1.165, 1.54) is 5.56 Å². The quantitative estimate of drug-likeness (QED) is 0.475. The zero-order valence-corrected chi connectivity index (χ0v) is 18.5. The summed E-state index contributed by atoms with van der Waals surface area (Å²) in [4.78, 5) is 0. The van der Waals surface area contributed by atoms with Crippen LogP contribution in [0.25, 0.3) is 0 Å². The number of pyridine rings is 2. The lowest BCUT2D eigenvalue weighted by Crippen LogP contribution is -2.38. The van der Waals surface area contributed by atoms with Gasteiger partial charge in [-0.05, 0) is 12.5 Å². The molecule has 4 rings (SSSR count). The molecule has 0 saturated carbocycles. The van der Waals surface area contributed by atoms with Crippen LogP contribution in [0.1, 0.15) is 37.2 Å². The Kier molecular flexibility index (Phi) is 7.99. The van der Waals surface area contributed by atoms with E-state index in [1.807, 2.05) is 6.92 Å². The van der Waals surface area contributed by atoms with Gasteiger partial charge >= 0.3 is 0 Å². The molecule has 2 fully saturated rings. The topological polar surface area (TPSA) is 53.9 Å². The third-order valence-corrected chi connectivity index (χ3v) is 5.69. The normalized spacial score (nSPS) is 26.6. The average molecular weight is 431 g/mol. The van der Waals surface area contributed by atoms with Gasteiger partial charge in [0.2, 0.25) is 0 Å². The van der Waals surface area contributed by atoms with Crippen molar-refractivity contribution in [2.45, 2.75) is 45.4 Å². The Morgan fingerprint density at radius 3 is 1.81 bits per heavy atom. The second-order valence-corrected chi connectivity index (χ2v) is 8.39. The van der Waals surface area contributed by atoms with Crippen molar-refractivity contribution < 1.29 is 32.8 Å². The predicted molar refractivity (Wildman–Crippen MR) is 112 cm³/mol. The molecule has 0 radical (unpaired) electrons. The first-order valence-corrected chi connectivity index (χ1v) is 11.2. The maximum absolute atomic E-state index is 5.83. The third kappa shape index (κ3) is 6.54. The molecule has 0 aromatic carbocycles. The highest BCUT2D eigenvalue weighted by molar-refractivity contribution is 5.14. The summed E-state index contributed by atoms with van der Waals surface area (Å²) in [5.41, 5.74) is 2.31. The molecule has 2 aliphatic rings. The summed E-state index contributed by atoms with van der Waals surface area (Å²) < 4.78 is 32.7. The summed E-state index contributed by atoms with van der Waals surface area (Å²) in [5, 5.41) is 0. The van der Waals surface area contributed by atoms with Crippen LogP contribution in [0.3, 0.4) is 0 Å². The minimum Gasteiger partial charge on any atom is -0.368 e. The highest BCUT2D eigenvalue weighted by Gasteiger charge is 2.22. The Labute approximate surface area is 184 Å². The van der Waals surface area contributed by atoms with Crippen molar-refractivity contribution in [2.75, 3.05) is 39.6 Å². The fraction of sp³-hybridized carbons (Fsp3) is 0.583. The standard InChI is InChI=1S/C24H34N2O5/c1-19-15-30-24(31-16-19)22-5-9-26(10-6-22)12-14-27-13-11-25-7-3-21(4-8-25)23-17-28-20(2)29-18-23/h3-10,19-20,23-24H,11-18H2,1-2H3/q+2. The molecule has 0 N–H and O–H groups in total. The van der Waals surface area contributed by atoms with E-state index in [0.717, 1.165) is 31.9 Å². The van der Waals surface area contributed by atoms with Crippen LogP contribution in [0.15, 0.2) is 49.1 Å². The second-order valence-electron chi connectivity index (χ2n) is 8.39. The zero-order valence-electron chi connectivity index (χ0n) is 18.5. The average Bonchev–Trinajstić information content (AvgIpc) is 2.81. The number of ether oxygens (including phenoxy) is 5. The molecular formula is C24H34N2O5+2. The molecule has 0 atom stereocenters. The Morgan fingerprint density at radius 1 is 0.742 bits per heavy atom. The first-order chi connectivity index (χ1) is 15.2.